The summed E-state index contributed by atoms with van der Waals surface area (Å²) >= 11 is 5.96. The van der Waals surface area contributed by atoms with Gasteiger partial charge in [0.15, 0.2) is 0 Å². The van der Waals surface area contributed by atoms with Gasteiger partial charge in [0.25, 0.3) is 0 Å². The summed E-state index contributed by atoms with van der Waals surface area (Å²) in [4.78, 5) is 14.5. The smallest absolute Gasteiger partial charge is 0.322 e. The topological polar surface area (TPSA) is 41.6 Å². The normalized spacial score (nSPS) is 17.1. The van der Waals surface area contributed by atoms with Crippen LogP contribution < -0.4 is 10.1 Å². The average Bonchev–Trinajstić information content (AvgIpc) is 3.05. The van der Waals surface area contributed by atoms with Gasteiger partial charge >= 0.3 is 6.03 Å². The van der Waals surface area contributed by atoms with Crippen molar-refractivity contribution >= 4 is 23.3 Å². The number of ether oxygens (including phenoxy) is 1. The van der Waals surface area contributed by atoms with E-state index in [1.54, 1.807) is 19.2 Å². The highest BCUT2D eigenvalue weighted by atomic mass is 35.5. The predicted octanol–water partition coefficient (Wildman–Crippen LogP) is 4.72. The average molecular weight is 331 g/mol. The molecule has 2 aromatic rings. The molecule has 2 amide bonds. The van der Waals surface area contributed by atoms with Gasteiger partial charge in [-0.25, -0.2) is 4.79 Å². The van der Waals surface area contributed by atoms with E-state index in [9.17, 15) is 4.79 Å². The van der Waals surface area contributed by atoms with E-state index in [1.165, 1.54) is 0 Å². The minimum Gasteiger partial charge on any atom is -0.497 e. The number of carbonyl (C=O) groups is 1. The predicted molar refractivity (Wildman–Crippen MR) is 92.1 cm³/mol. The third-order valence-corrected chi connectivity index (χ3v) is 4.33. The summed E-state index contributed by atoms with van der Waals surface area (Å²) in [5.74, 6) is 0.821. The fourth-order valence-electron chi connectivity index (χ4n) is 2.94. The maximum Gasteiger partial charge on any atom is 0.322 e. The van der Waals surface area contributed by atoms with Gasteiger partial charge in [-0.1, -0.05) is 29.8 Å². The Morgan fingerprint density at radius 3 is 2.74 bits per heavy atom. The molecular formula is C18H19ClN2O2. The molecule has 2 aromatic carbocycles. The van der Waals surface area contributed by atoms with Crippen LogP contribution in [0.2, 0.25) is 5.02 Å². The largest absolute Gasteiger partial charge is 0.497 e. The van der Waals surface area contributed by atoms with Crippen molar-refractivity contribution in [1.29, 1.82) is 0 Å². The molecule has 1 fully saturated rings. The van der Waals surface area contributed by atoms with Gasteiger partial charge < -0.3 is 15.0 Å². The highest BCUT2D eigenvalue weighted by Crippen LogP contribution is 2.33. The molecule has 0 bridgehead atoms. The maximum atomic E-state index is 12.6. The number of anilines is 1. The van der Waals surface area contributed by atoms with E-state index >= 15 is 0 Å². The minimum atomic E-state index is -0.0921. The Morgan fingerprint density at radius 2 is 2.04 bits per heavy atom. The summed E-state index contributed by atoms with van der Waals surface area (Å²) in [6.45, 7) is 0.753. The summed E-state index contributed by atoms with van der Waals surface area (Å²) in [6, 6.07) is 15.1. The first kappa shape index (κ1) is 15.7. The van der Waals surface area contributed by atoms with E-state index in [4.69, 9.17) is 16.3 Å². The van der Waals surface area contributed by atoms with Crippen molar-refractivity contribution in [2.75, 3.05) is 19.0 Å². The Hall–Kier alpha value is -2.20. The first-order valence-corrected chi connectivity index (χ1v) is 8.02. The quantitative estimate of drug-likeness (QED) is 0.884. The molecule has 3 rings (SSSR count). The number of amides is 2. The Kier molecular flexibility index (Phi) is 4.72. The van der Waals surface area contributed by atoms with Crippen LogP contribution in [0.3, 0.4) is 0 Å². The maximum absolute atomic E-state index is 12.6. The van der Waals surface area contributed by atoms with E-state index in [0.717, 1.165) is 30.7 Å². The molecule has 0 aromatic heterocycles. The zero-order chi connectivity index (χ0) is 16.2. The Labute approximate surface area is 141 Å². The van der Waals surface area contributed by atoms with Gasteiger partial charge in [0.05, 0.1) is 13.2 Å². The molecular weight excluding hydrogens is 312 g/mol. The fraction of sp³-hybridized carbons (Fsp3) is 0.278. The summed E-state index contributed by atoms with van der Waals surface area (Å²) < 4.78 is 5.19. The molecule has 1 unspecified atom stereocenters. The summed E-state index contributed by atoms with van der Waals surface area (Å²) in [5.41, 5.74) is 1.84. The minimum absolute atomic E-state index is 0.0921. The second-order valence-corrected chi connectivity index (χ2v) is 6.00. The van der Waals surface area contributed by atoms with Gasteiger partial charge in [-0.2, -0.15) is 0 Å². The van der Waals surface area contributed by atoms with Crippen molar-refractivity contribution in [3.63, 3.8) is 0 Å². The highest BCUT2D eigenvalue weighted by Gasteiger charge is 2.30. The number of likely N-dealkylation sites (tertiary alicyclic amines) is 1. The zero-order valence-corrected chi connectivity index (χ0v) is 13.7. The number of nitrogens with one attached hydrogen (secondary N) is 1. The lowest BCUT2D eigenvalue weighted by Gasteiger charge is -2.25. The van der Waals surface area contributed by atoms with Crippen LogP contribution in [-0.2, 0) is 0 Å². The van der Waals surface area contributed by atoms with E-state index in [1.807, 2.05) is 41.3 Å². The van der Waals surface area contributed by atoms with Crippen LogP contribution >= 0.6 is 11.6 Å². The van der Waals surface area contributed by atoms with Crippen molar-refractivity contribution < 1.29 is 9.53 Å². The molecule has 120 valence electrons. The van der Waals surface area contributed by atoms with Crippen molar-refractivity contribution in [2.45, 2.75) is 18.9 Å². The first-order valence-electron chi connectivity index (χ1n) is 7.64. The third-order valence-electron chi connectivity index (χ3n) is 4.09. The van der Waals surface area contributed by atoms with E-state index < -0.39 is 0 Å². The van der Waals surface area contributed by atoms with Gasteiger partial charge in [0.1, 0.15) is 5.75 Å². The molecule has 23 heavy (non-hydrogen) atoms. The molecule has 0 aliphatic carbocycles. The van der Waals surface area contributed by atoms with Gasteiger partial charge in [-0.05, 0) is 48.7 Å². The van der Waals surface area contributed by atoms with Crippen LogP contribution in [0, 0.1) is 0 Å². The number of carbonyl (C=O) groups excluding carboxylic acids is 1. The number of urea groups is 1. The Balaban J connectivity index is 1.73. The summed E-state index contributed by atoms with van der Waals surface area (Å²) in [7, 11) is 1.65. The summed E-state index contributed by atoms with van der Waals surface area (Å²) in [5, 5.41) is 3.53. The van der Waals surface area contributed by atoms with Gasteiger partial charge in [-0.15, -0.1) is 0 Å². The molecule has 1 N–H and O–H groups in total. The van der Waals surface area contributed by atoms with E-state index in [2.05, 4.69) is 5.32 Å². The van der Waals surface area contributed by atoms with Crippen molar-refractivity contribution in [2.24, 2.45) is 0 Å². The van der Waals surface area contributed by atoms with Crippen molar-refractivity contribution in [3.8, 4) is 5.75 Å². The number of benzene rings is 2. The lowest BCUT2D eigenvalue weighted by Crippen LogP contribution is -2.34. The fourth-order valence-corrected chi connectivity index (χ4v) is 3.13. The van der Waals surface area contributed by atoms with E-state index in [-0.39, 0.29) is 12.1 Å². The second kappa shape index (κ2) is 6.92. The van der Waals surface area contributed by atoms with Crippen LogP contribution in [-0.4, -0.2) is 24.6 Å². The molecule has 0 radical (unpaired) electrons. The van der Waals surface area contributed by atoms with Gasteiger partial charge in [-0.3, -0.25) is 0 Å². The molecule has 1 heterocycles. The van der Waals surface area contributed by atoms with E-state index in [0.29, 0.717) is 10.7 Å². The van der Waals surface area contributed by atoms with Crippen LogP contribution in [0.4, 0.5) is 10.5 Å². The SMILES string of the molecule is COc1ccc(C2CCCN2C(=O)Nc2cccc(Cl)c2)cc1. The van der Waals surface area contributed by atoms with Crippen molar-refractivity contribution in [3.05, 3.63) is 59.1 Å². The molecule has 0 spiro atoms. The zero-order valence-electron chi connectivity index (χ0n) is 13.0. The molecule has 1 aliphatic rings. The monoisotopic (exact) mass is 330 g/mol. The Bertz CT molecular complexity index is 688. The number of hydrogen-bond donors (Lipinski definition) is 1. The molecule has 1 aliphatic heterocycles. The number of rotatable bonds is 3. The van der Waals surface area contributed by atoms with Gasteiger partial charge in [0.2, 0.25) is 0 Å². The van der Waals surface area contributed by atoms with Crippen LogP contribution in [0.15, 0.2) is 48.5 Å². The van der Waals surface area contributed by atoms with Crippen LogP contribution in [0.1, 0.15) is 24.4 Å². The number of hydrogen-bond acceptors (Lipinski definition) is 2. The van der Waals surface area contributed by atoms with Crippen LogP contribution in [0.25, 0.3) is 0 Å². The molecule has 1 atom stereocenters. The third kappa shape index (κ3) is 3.59. The lowest BCUT2D eigenvalue weighted by molar-refractivity contribution is 0.207. The highest BCUT2D eigenvalue weighted by molar-refractivity contribution is 6.30. The molecule has 0 saturated carbocycles. The number of methoxy groups -OCH3 is 1. The summed E-state index contributed by atoms with van der Waals surface area (Å²) in [6.07, 6.45) is 1.97. The standard InChI is InChI=1S/C18H19ClN2O2/c1-23-16-9-7-13(8-10-16)17-6-3-11-21(17)18(22)20-15-5-2-4-14(19)12-15/h2,4-5,7-10,12,17H,3,6,11H2,1H3,(H,20,22). The molecule has 1 saturated heterocycles. The van der Waals surface area contributed by atoms with Gasteiger partial charge in [0, 0.05) is 17.3 Å². The first-order chi connectivity index (χ1) is 11.2. The molecule has 4 nitrogen and oxygen atoms in total. The number of nitrogens with zero attached hydrogens (tertiary/aromatic N) is 1. The Morgan fingerprint density at radius 1 is 1.26 bits per heavy atom. The second-order valence-electron chi connectivity index (χ2n) is 5.57. The number of halogens is 1. The molecule has 5 heteroatoms. The van der Waals surface area contributed by atoms with Crippen molar-refractivity contribution in [1.82, 2.24) is 4.90 Å². The van der Waals surface area contributed by atoms with Crippen LogP contribution in [0.5, 0.6) is 5.75 Å². The lowest BCUT2D eigenvalue weighted by atomic mass is 10.0.